The molecular weight excluding hydrogens is 587 g/mol. The Labute approximate surface area is 258 Å². The molecule has 4 aromatic rings. The maximum Gasteiger partial charge on any atom is 0.341 e. The number of benzene rings is 2. The average molecular weight is 620 g/mol. The van der Waals surface area contributed by atoms with Gasteiger partial charge in [-0.2, -0.15) is 0 Å². The summed E-state index contributed by atoms with van der Waals surface area (Å²) in [6, 6.07) is 16.9. The summed E-state index contributed by atoms with van der Waals surface area (Å²) in [6.07, 6.45) is 2.69. The number of ether oxygens (including phenoxy) is 2. The molecule has 43 heavy (non-hydrogen) atoms. The topological polar surface area (TPSA) is 124 Å². The van der Waals surface area contributed by atoms with Crippen LogP contribution in [-0.4, -0.2) is 51.0 Å². The van der Waals surface area contributed by atoms with Crippen molar-refractivity contribution in [3.05, 3.63) is 82.0 Å². The monoisotopic (exact) mass is 619 g/mol. The van der Waals surface area contributed by atoms with Crippen LogP contribution >= 0.6 is 23.1 Å². The molecule has 2 heterocycles. The molecule has 0 fully saturated rings. The van der Waals surface area contributed by atoms with E-state index in [1.54, 1.807) is 26.0 Å². The van der Waals surface area contributed by atoms with E-state index in [1.807, 2.05) is 54.0 Å². The van der Waals surface area contributed by atoms with Crippen LogP contribution in [0.15, 0.2) is 59.8 Å². The third-order valence-corrected chi connectivity index (χ3v) is 9.06. The summed E-state index contributed by atoms with van der Waals surface area (Å²) in [5.74, 6) is 0.144. The Kier molecular flexibility index (Phi) is 9.78. The molecule has 1 aliphatic rings. The van der Waals surface area contributed by atoms with E-state index < -0.39 is 11.2 Å². The van der Waals surface area contributed by atoms with Crippen molar-refractivity contribution >= 4 is 45.9 Å². The Morgan fingerprint density at radius 2 is 1.91 bits per heavy atom. The van der Waals surface area contributed by atoms with Gasteiger partial charge in [-0.05, 0) is 75.4 Å². The molecule has 2 aromatic heterocycles. The van der Waals surface area contributed by atoms with Gasteiger partial charge >= 0.3 is 5.97 Å². The van der Waals surface area contributed by atoms with Crippen molar-refractivity contribution in [1.29, 1.82) is 0 Å². The maximum atomic E-state index is 13.4. The SMILES string of the molecule is CCOC(=O)c1c(NC(=O)[C@@H](C)Sc2nnc(CNC(=O)COc3ccccc3)n2-c2cccc(C)c2)sc2c1CCC2. The highest BCUT2D eigenvalue weighted by molar-refractivity contribution is 8.00. The fourth-order valence-electron chi connectivity index (χ4n) is 4.75. The first-order valence-electron chi connectivity index (χ1n) is 14.1. The van der Waals surface area contributed by atoms with Crippen LogP contribution in [0.1, 0.15) is 52.5 Å². The van der Waals surface area contributed by atoms with Gasteiger partial charge in [-0.3, -0.25) is 14.2 Å². The van der Waals surface area contributed by atoms with E-state index in [0.29, 0.717) is 27.3 Å². The van der Waals surface area contributed by atoms with Crippen LogP contribution in [0.5, 0.6) is 5.75 Å². The van der Waals surface area contributed by atoms with E-state index in [2.05, 4.69) is 20.8 Å². The largest absolute Gasteiger partial charge is 0.484 e. The van der Waals surface area contributed by atoms with Crippen LogP contribution in [0.4, 0.5) is 5.00 Å². The molecule has 5 rings (SSSR count). The number of carbonyl (C=O) groups is 3. The van der Waals surface area contributed by atoms with E-state index in [1.165, 1.54) is 23.1 Å². The molecule has 0 radical (unpaired) electrons. The number of anilines is 1. The molecule has 224 valence electrons. The van der Waals surface area contributed by atoms with E-state index in [9.17, 15) is 14.4 Å². The third kappa shape index (κ3) is 7.26. The first kappa shape index (κ1) is 30.3. The second kappa shape index (κ2) is 13.9. The van der Waals surface area contributed by atoms with Gasteiger partial charge in [-0.1, -0.05) is 42.1 Å². The maximum absolute atomic E-state index is 13.4. The lowest BCUT2D eigenvalue weighted by Crippen LogP contribution is -2.29. The predicted octanol–water partition coefficient (Wildman–Crippen LogP) is 5.12. The van der Waals surface area contributed by atoms with Gasteiger partial charge in [0.2, 0.25) is 5.91 Å². The second-order valence-corrected chi connectivity index (χ2v) is 12.4. The number of thiophene rings is 1. The molecule has 2 N–H and O–H groups in total. The number of nitrogens with zero attached hydrogens (tertiary/aromatic N) is 3. The summed E-state index contributed by atoms with van der Waals surface area (Å²) in [6.45, 7) is 5.77. The number of thioether (sulfide) groups is 1. The van der Waals surface area contributed by atoms with E-state index in [0.717, 1.165) is 41.0 Å². The van der Waals surface area contributed by atoms with Gasteiger partial charge in [0, 0.05) is 10.6 Å². The lowest BCUT2D eigenvalue weighted by atomic mass is 10.1. The molecule has 10 nitrogen and oxygen atoms in total. The first-order valence-corrected chi connectivity index (χ1v) is 15.8. The number of fused-ring (bicyclic) bond motifs is 1. The highest BCUT2D eigenvalue weighted by atomic mass is 32.2. The molecule has 2 amide bonds. The molecular formula is C31H33N5O5S2. The number of hydrogen-bond donors (Lipinski definition) is 2. The highest BCUT2D eigenvalue weighted by Gasteiger charge is 2.30. The van der Waals surface area contributed by atoms with Crippen molar-refractivity contribution in [2.45, 2.75) is 57.0 Å². The van der Waals surface area contributed by atoms with Crippen molar-refractivity contribution in [2.24, 2.45) is 0 Å². The second-order valence-electron chi connectivity index (χ2n) is 9.98. The average Bonchev–Trinajstić information content (AvgIpc) is 3.70. The number of para-hydroxylation sites is 1. The molecule has 2 aromatic carbocycles. The Balaban J connectivity index is 1.31. The molecule has 0 aliphatic heterocycles. The molecule has 1 aliphatic carbocycles. The number of rotatable bonds is 12. The quantitative estimate of drug-likeness (QED) is 0.166. The third-order valence-electron chi connectivity index (χ3n) is 6.81. The van der Waals surface area contributed by atoms with E-state index in [4.69, 9.17) is 9.47 Å². The number of nitrogens with one attached hydrogen (secondary N) is 2. The molecule has 0 saturated carbocycles. The molecule has 0 saturated heterocycles. The predicted molar refractivity (Wildman–Crippen MR) is 166 cm³/mol. The van der Waals surface area contributed by atoms with Crippen molar-refractivity contribution in [2.75, 3.05) is 18.5 Å². The van der Waals surface area contributed by atoms with Crippen LogP contribution in [0.3, 0.4) is 0 Å². The summed E-state index contributed by atoms with van der Waals surface area (Å²) in [5.41, 5.74) is 3.31. The van der Waals surface area contributed by atoms with Gasteiger partial charge < -0.3 is 20.1 Å². The summed E-state index contributed by atoms with van der Waals surface area (Å²) < 4.78 is 12.7. The zero-order chi connectivity index (χ0) is 30.3. The Bertz CT molecular complexity index is 1620. The number of carbonyl (C=O) groups excluding carboxylic acids is 3. The standard InChI is InChI=1S/C31H33N5O5S2/c1-4-40-30(39)27-23-14-9-15-24(23)43-29(27)33-28(38)20(3)42-31-35-34-25(36(31)21-11-8-10-19(2)16-21)17-32-26(37)18-41-22-12-6-5-7-13-22/h5-8,10-13,16,20H,4,9,14-15,17-18H2,1-3H3,(H,32,37)(H,33,38)/t20-/m1/s1. The number of esters is 1. The van der Waals surface area contributed by atoms with Crippen LogP contribution in [0.25, 0.3) is 5.69 Å². The number of aromatic nitrogens is 3. The van der Waals surface area contributed by atoms with Crippen LogP contribution in [0.2, 0.25) is 0 Å². The molecule has 0 bridgehead atoms. The normalized spacial score (nSPS) is 12.8. The van der Waals surface area contributed by atoms with Gasteiger partial charge in [0.1, 0.15) is 10.8 Å². The van der Waals surface area contributed by atoms with Crippen molar-refractivity contribution in [1.82, 2.24) is 20.1 Å². The van der Waals surface area contributed by atoms with E-state index >= 15 is 0 Å². The van der Waals surface area contributed by atoms with Crippen LogP contribution in [-0.2, 0) is 33.7 Å². The smallest absolute Gasteiger partial charge is 0.341 e. The van der Waals surface area contributed by atoms with Crippen molar-refractivity contribution in [3.8, 4) is 11.4 Å². The summed E-state index contributed by atoms with van der Waals surface area (Å²) >= 11 is 2.69. The molecule has 0 unspecified atom stereocenters. The number of hydrogen-bond acceptors (Lipinski definition) is 9. The highest BCUT2D eigenvalue weighted by Crippen LogP contribution is 2.40. The minimum atomic E-state index is -0.568. The van der Waals surface area contributed by atoms with E-state index in [-0.39, 0.29) is 31.6 Å². The minimum absolute atomic E-state index is 0.114. The first-order chi connectivity index (χ1) is 20.8. The fourth-order valence-corrected chi connectivity index (χ4v) is 6.92. The van der Waals surface area contributed by atoms with Gasteiger partial charge in [-0.25, -0.2) is 4.79 Å². The Hall–Kier alpha value is -4.16. The molecule has 0 spiro atoms. The Morgan fingerprint density at radius 3 is 2.67 bits per heavy atom. The minimum Gasteiger partial charge on any atom is -0.484 e. The number of amides is 2. The number of aryl methyl sites for hydroxylation is 2. The van der Waals surface area contributed by atoms with Crippen molar-refractivity contribution < 1.29 is 23.9 Å². The zero-order valence-electron chi connectivity index (χ0n) is 24.2. The van der Waals surface area contributed by atoms with Crippen LogP contribution in [0, 0.1) is 6.92 Å². The molecule has 12 heteroatoms. The summed E-state index contributed by atoms with van der Waals surface area (Å²) in [5, 5.41) is 15.0. The fraction of sp³-hybridized carbons (Fsp3) is 0.323. The zero-order valence-corrected chi connectivity index (χ0v) is 25.8. The van der Waals surface area contributed by atoms with Gasteiger partial charge in [0.15, 0.2) is 17.6 Å². The van der Waals surface area contributed by atoms with Gasteiger partial charge in [-0.15, -0.1) is 21.5 Å². The summed E-state index contributed by atoms with van der Waals surface area (Å²) in [4.78, 5) is 39.8. The van der Waals surface area contributed by atoms with Gasteiger partial charge in [0.25, 0.3) is 5.91 Å². The summed E-state index contributed by atoms with van der Waals surface area (Å²) in [7, 11) is 0. The van der Waals surface area contributed by atoms with Crippen molar-refractivity contribution in [3.63, 3.8) is 0 Å². The molecule has 1 atom stereocenters. The van der Waals surface area contributed by atoms with Gasteiger partial charge in [0.05, 0.1) is 24.0 Å². The Morgan fingerprint density at radius 1 is 1.09 bits per heavy atom. The lowest BCUT2D eigenvalue weighted by molar-refractivity contribution is -0.123. The van der Waals surface area contributed by atoms with Crippen LogP contribution < -0.4 is 15.4 Å². The lowest BCUT2D eigenvalue weighted by Gasteiger charge is -2.15.